The maximum Gasteiger partial charge on any atom is 0.274 e. The van der Waals surface area contributed by atoms with Crippen molar-refractivity contribution >= 4 is 5.91 Å². The van der Waals surface area contributed by atoms with Crippen LogP contribution in [-0.4, -0.2) is 40.7 Å². The molecule has 2 heterocycles. The highest BCUT2D eigenvalue weighted by atomic mass is 19.1. The SMILES string of the molecule is O=C(c1cc(C2CC2)[nH]n1)N1CCC[C@H](COc2ccc(F)cc2)C1. The maximum absolute atomic E-state index is 12.9. The van der Waals surface area contributed by atoms with Crippen molar-refractivity contribution in [3.8, 4) is 5.75 Å². The van der Waals surface area contributed by atoms with Gasteiger partial charge in [-0.2, -0.15) is 5.10 Å². The number of rotatable bonds is 5. The number of hydrogen-bond acceptors (Lipinski definition) is 3. The molecule has 1 aliphatic carbocycles. The van der Waals surface area contributed by atoms with Crippen molar-refractivity contribution in [1.29, 1.82) is 0 Å². The van der Waals surface area contributed by atoms with E-state index in [4.69, 9.17) is 4.74 Å². The lowest BCUT2D eigenvalue weighted by atomic mass is 9.98. The molecule has 25 heavy (non-hydrogen) atoms. The summed E-state index contributed by atoms with van der Waals surface area (Å²) in [5, 5.41) is 7.19. The third-order valence-corrected chi connectivity index (χ3v) is 4.94. The van der Waals surface area contributed by atoms with E-state index in [0.717, 1.165) is 25.1 Å². The zero-order chi connectivity index (χ0) is 17.2. The molecular formula is C19H22FN3O2. The summed E-state index contributed by atoms with van der Waals surface area (Å²) in [5.41, 5.74) is 1.60. The van der Waals surface area contributed by atoms with E-state index in [0.29, 0.717) is 30.5 Å². The third kappa shape index (κ3) is 3.83. The van der Waals surface area contributed by atoms with Gasteiger partial charge in [0.05, 0.1) is 6.61 Å². The summed E-state index contributed by atoms with van der Waals surface area (Å²) >= 11 is 0. The lowest BCUT2D eigenvalue weighted by Crippen LogP contribution is -2.41. The summed E-state index contributed by atoms with van der Waals surface area (Å²) in [6.45, 7) is 1.96. The standard InChI is InChI=1S/C19H22FN3O2/c20-15-5-7-16(8-6-15)25-12-13-2-1-9-23(11-13)19(24)18-10-17(21-22-18)14-3-4-14/h5-8,10,13-14H,1-4,9,11-12H2,(H,21,22)/t13-/m0/s1. The Morgan fingerprint density at radius 3 is 2.84 bits per heavy atom. The van der Waals surface area contributed by atoms with E-state index in [2.05, 4.69) is 10.2 Å². The van der Waals surface area contributed by atoms with Crippen LogP contribution in [0.15, 0.2) is 30.3 Å². The van der Waals surface area contributed by atoms with Gasteiger partial charge < -0.3 is 9.64 Å². The predicted molar refractivity (Wildman–Crippen MR) is 91.1 cm³/mol. The molecule has 2 fully saturated rings. The van der Waals surface area contributed by atoms with Crippen molar-refractivity contribution in [3.05, 3.63) is 47.5 Å². The van der Waals surface area contributed by atoms with E-state index in [1.807, 2.05) is 11.0 Å². The van der Waals surface area contributed by atoms with Crippen molar-refractivity contribution in [3.63, 3.8) is 0 Å². The first kappa shape index (κ1) is 16.1. The van der Waals surface area contributed by atoms with Crippen LogP contribution in [-0.2, 0) is 0 Å². The van der Waals surface area contributed by atoms with Crippen LogP contribution in [0.5, 0.6) is 5.75 Å². The first-order valence-corrected chi connectivity index (χ1v) is 8.92. The molecule has 1 atom stereocenters. The summed E-state index contributed by atoms with van der Waals surface area (Å²) in [6, 6.07) is 7.94. The second-order valence-corrected chi connectivity index (χ2v) is 7.01. The Morgan fingerprint density at radius 1 is 1.28 bits per heavy atom. The zero-order valence-corrected chi connectivity index (χ0v) is 14.1. The van der Waals surface area contributed by atoms with E-state index >= 15 is 0 Å². The minimum atomic E-state index is -0.272. The number of benzene rings is 1. The second kappa shape index (κ2) is 6.86. The number of halogens is 1. The van der Waals surface area contributed by atoms with Crippen molar-refractivity contribution in [2.24, 2.45) is 5.92 Å². The van der Waals surface area contributed by atoms with Crippen molar-refractivity contribution in [1.82, 2.24) is 15.1 Å². The molecule has 6 heteroatoms. The Morgan fingerprint density at radius 2 is 2.08 bits per heavy atom. The topological polar surface area (TPSA) is 58.2 Å². The maximum atomic E-state index is 12.9. The van der Waals surface area contributed by atoms with Crippen LogP contribution >= 0.6 is 0 Å². The second-order valence-electron chi connectivity index (χ2n) is 7.01. The van der Waals surface area contributed by atoms with Crippen molar-refractivity contribution < 1.29 is 13.9 Å². The summed E-state index contributed by atoms with van der Waals surface area (Å²) in [5.74, 6) is 1.23. The lowest BCUT2D eigenvalue weighted by Gasteiger charge is -2.32. The number of nitrogens with zero attached hydrogens (tertiary/aromatic N) is 2. The number of aromatic amines is 1. The number of nitrogens with one attached hydrogen (secondary N) is 1. The Kier molecular flexibility index (Phi) is 4.42. The van der Waals surface area contributed by atoms with E-state index < -0.39 is 0 Å². The fourth-order valence-corrected chi connectivity index (χ4v) is 3.34. The predicted octanol–water partition coefficient (Wildman–Crippen LogP) is 3.36. The molecule has 1 aromatic heterocycles. The molecule has 1 saturated carbocycles. The Labute approximate surface area is 146 Å². The van der Waals surface area contributed by atoms with Gasteiger partial charge in [-0.25, -0.2) is 4.39 Å². The Bertz CT molecular complexity index is 739. The van der Waals surface area contributed by atoms with Gasteiger partial charge >= 0.3 is 0 Å². The van der Waals surface area contributed by atoms with Crippen LogP contribution in [0.25, 0.3) is 0 Å². The molecule has 0 unspecified atom stereocenters. The number of carbonyl (C=O) groups is 1. The fraction of sp³-hybridized carbons (Fsp3) is 0.474. The molecule has 0 radical (unpaired) electrons. The van der Waals surface area contributed by atoms with Crippen LogP contribution < -0.4 is 4.74 Å². The first-order chi connectivity index (χ1) is 12.2. The summed E-state index contributed by atoms with van der Waals surface area (Å²) < 4.78 is 18.7. The average Bonchev–Trinajstić information content (AvgIpc) is 3.38. The van der Waals surface area contributed by atoms with Gasteiger partial charge in [0.2, 0.25) is 0 Å². The van der Waals surface area contributed by atoms with Crippen LogP contribution in [0, 0.1) is 11.7 Å². The molecule has 0 bridgehead atoms. The quantitative estimate of drug-likeness (QED) is 0.906. The largest absolute Gasteiger partial charge is 0.493 e. The molecule has 1 aliphatic heterocycles. The number of ether oxygens (including phenoxy) is 1. The monoisotopic (exact) mass is 343 g/mol. The van der Waals surface area contributed by atoms with Crippen LogP contribution in [0.3, 0.4) is 0 Å². The molecule has 1 aromatic carbocycles. The Balaban J connectivity index is 1.33. The average molecular weight is 343 g/mol. The van der Waals surface area contributed by atoms with Crippen LogP contribution in [0.1, 0.15) is 47.8 Å². The third-order valence-electron chi connectivity index (χ3n) is 4.94. The van der Waals surface area contributed by atoms with Crippen molar-refractivity contribution in [2.75, 3.05) is 19.7 Å². The van der Waals surface area contributed by atoms with Gasteiger partial charge in [0.15, 0.2) is 0 Å². The number of hydrogen-bond donors (Lipinski definition) is 1. The molecule has 1 saturated heterocycles. The van der Waals surface area contributed by atoms with Crippen LogP contribution in [0.4, 0.5) is 4.39 Å². The van der Waals surface area contributed by atoms with E-state index in [9.17, 15) is 9.18 Å². The minimum absolute atomic E-state index is 0.00497. The van der Waals surface area contributed by atoms with Gasteiger partial charge in [0, 0.05) is 30.6 Å². The summed E-state index contributed by atoms with van der Waals surface area (Å²) in [6.07, 6.45) is 4.35. The lowest BCUT2D eigenvalue weighted by molar-refractivity contribution is 0.0627. The number of aromatic nitrogens is 2. The van der Waals surface area contributed by atoms with Gasteiger partial charge in [0.1, 0.15) is 17.3 Å². The number of piperidine rings is 1. The molecule has 2 aromatic rings. The van der Waals surface area contributed by atoms with Gasteiger partial charge in [-0.3, -0.25) is 9.89 Å². The summed E-state index contributed by atoms with van der Waals surface area (Å²) in [4.78, 5) is 14.5. The van der Waals surface area contributed by atoms with Gasteiger partial charge in [0.25, 0.3) is 5.91 Å². The molecule has 4 rings (SSSR count). The number of H-pyrrole nitrogens is 1. The van der Waals surface area contributed by atoms with Gasteiger partial charge in [-0.15, -0.1) is 0 Å². The van der Waals surface area contributed by atoms with Gasteiger partial charge in [-0.05, 0) is 56.0 Å². The molecule has 0 spiro atoms. The minimum Gasteiger partial charge on any atom is -0.493 e. The van der Waals surface area contributed by atoms with E-state index in [1.54, 1.807) is 12.1 Å². The fourth-order valence-electron chi connectivity index (χ4n) is 3.34. The van der Waals surface area contributed by atoms with Crippen molar-refractivity contribution in [2.45, 2.75) is 31.6 Å². The van der Waals surface area contributed by atoms with Crippen LogP contribution in [0.2, 0.25) is 0 Å². The number of likely N-dealkylation sites (tertiary alicyclic amines) is 1. The first-order valence-electron chi connectivity index (χ1n) is 8.92. The van der Waals surface area contributed by atoms with Gasteiger partial charge in [-0.1, -0.05) is 0 Å². The normalized spacial score (nSPS) is 20.5. The highest BCUT2D eigenvalue weighted by Crippen LogP contribution is 2.39. The highest BCUT2D eigenvalue weighted by molar-refractivity contribution is 5.92. The van der Waals surface area contributed by atoms with E-state index in [-0.39, 0.29) is 17.6 Å². The number of carbonyl (C=O) groups excluding carboxylic acids is 1. The summed E-state index contributed by atoms with van der Waals surface area (Å²) in [7, 11) is 0. The molecule has 1 amide bonds. The molecule has 132 valence electrons. The Hall–Kier alpha value is -2.37. The smallest absolute Gasteiger partial charge is 0.274 e. The molecule has 1 N–H and O–H groups in total. The molecular weight excluding hydrogens is 321 g/mol. The molecule has 5 nitrogen and oxygen atoms in total. The highest BCUT2D eigenvalue weighted by Gasteiger charge is 2.29. The van der Waals surface area contributed by atoms with E-state index in [1.165, 1.54) is 25.0 Å². The number of amides is 1. The zero-order valence-electron chi connectivity index (χ0n) is 14.1. The molecule has 2 aliphatic rings.